The summed E-state index contributed by atoms with van der Waals surface area (Å²) < 4.78 is 30.9. The lowest BCUT2D eigenvalue weighted by Gasteiger charge is -2.34. The zero-order valence-corrected chi connectivity index (χ0v) is 13.6. The molecule has 6 heteroatoms. The second-order valence-electron chi connectivity index (χ2n) is 5.34. The molecule has 1 fully saturated rings. The largest absolute Gasteiger partial charge is 0.497 e. The van der Waals surface area contributed by atoms with E-state index in [9.17, 15) is 8.42 Å². The molecule has 1 aromatic rings. The zero-order valence-electron chi connectivity index (χ0n) is 12.8. The number of benzene rings is 1. The Morgan fingerprint density at radius 1 is 1.19 bits per heavy atom. The van der Waals surface area contributed by atoms with E-state index in [0.717, 1.165) is 25.4 Å². The van der Waals surface area contributed by atoms with Crippen molar-refractivity contribution in [3.8, 4) is 5.75 Å². The monoisotopic (exact) mass is 312 g/mol. The number of sulfonamides is 1. The van der Waals surface area contributed by atoms with E-state index in [4.69, 9.17) is 4.74 Å². The second kappa shape index (κ2) is 7.24. The van der Waals surface area contributed by atoms with Crippen LogP contribution in [-0.2, 0) is 16.6 Å². The van der Waals surface area contributed by atoms with E-state index in [1.165, 1.54) is 5.56 Å². The lowest BCUT2D eigenvalue weighted by Crippen LogP contribution is -2.48. The number of hydrogen-bond donors (Lipinski definition) is 0. The Bertz CT molecular complexity index is 552. The maximum absolute atomic E-state index is 12.0. The van der Waals surface area contributed by atoms with Gasteiger partial charge in [0.05, 0.1) is 12.9 Å². The van der Waals surface area contributed by atoms with E-state index in [1.807, 2.05) is 25.1 Å². The van der Waals surface area contributed by atoms with Gasteiger partial charge in [-0.1, -0.05) is 19.1 Å². The molecule has 1 aliphatic heterocycles. The standard InChI is InChI=1S/C15H24N2O3S/c1-3-11-21(18,19)17-9-7-16(8-10-17)13-14-5-4-6-15(12-14)20-2/h4-6,12H,3,7-11,13H2,1-2H3. The number of ether oxygens (including phenoxy) is 1. The van der Waals surface area contributed by atoms with Gasteiger partial charge in [0.2, 0.25) is 10.0 Å². The predicted octanol–water partition coefficient (Wildman–Crippen LogP) is 1.55. The molecule has 0 aliphatic carbocycles. The van der Waals surface area contributed by atoms with Gasteiger partial charge in [0, 0.05) is 32.7 Å². The van der Waals surface area contributed by atoms with E-state index in [1.54, 1.807) is 11.4 Å². The van der Waals surface area contributed by atoms with Crippen molar-refractivity contribution in [3.05, 3.63) is 29.8 Å². The lowest BCUT2D eigenvalue weighted by atomic mass is 10.2. The predicted molar refractivity (Wildman–Crippen MR) is 83.9 cm³/mol. The molecular formula is C15H24N2O3S. The molecule has 0 bridgehead atoms. The third-order valence-corrected chi connectivity index (χ3v) is 5.80. The van der Waals surface area contributed by atoms with Gasteiger partial charge < -0.3 is 4.74 Å². The van der Waals surface area contributed by atoms with Crippen LogP contribution in [0, 0.1) is 0 Å². The normalized spacial score (nSPS) is 17.8. The molecule has 1 aliphatic rings. The molecular weight excluding hydrogens is 288 g/mol. The summed E-state index contributed by atoms with van der Waals surface area (Å²) in [5.41, 5.74) is 1.19. The minimum absolute atomic E-state index is 0.253. The number of hydrogen-bond acceptors (Lipinski definition) is 4. The quantitative estimate of drug-likeness (QED) is 0.800. The van der Waals surface area contributed by atoms with Crippen LogP contribution in [-0.4, -0.2) is 56.7 Å². The van der Waals surface area contributed by atoms with Crippen molar-refractivity contribution in [2.24, 2.45) is 0 Å². The molecule has 1 saturated heterocycles. The summed E-state index contributed by atoms with van der Waals surface area (Å²) in [7, 11) is -1.39. The van der Waals surface area contributed by atoms with Crippen LogP contribution in [0.15, 0.2) is 24.3 Å². The number of rotatable bonds is 6. The fourth-order valence-electron chi connectivity index (χ4n) is 2.58. The molecule has 0 unspecified atom stereocenters. The maximum Gasteiger partial charge on any atom is 0.214 e. The Morgan fingerprint density at radius 2 is 1.90 bits per heavy atom. The summed E-state index contributed by atoms with van der Waals surface area (Å²) in [4.78, 5) is 2.28. The van der Waals surface area contributed by atoms with Crippen LogP contribution < -0.4 is 4.74 Å². The van der Waals surface area contributed by atoms with Gasteiger partial charge in [-0.3, -0.25) is 4.90 Å². The smallest absolute Gasteiger partial charge is 0.214 e. The molecule has 5 nitrogen and oxygen atoms in total. The van der Waals surface area contributed by atoms with E-state index in [-0.39, 0.29) is 5.75 Å². The third kappa shape index (κ3) is 4.43. The minimum Gasteiger partial charge on any atom is -0.497 e. The molecule has 0 radical (unpaired) electrons. The van der Waals surface area contributed by atoms with Crippen LogP contribution in [0.5, 0.6) is 5.75 Å². The SMILES string of the molecule is CCCS(=O)(=O)N1CCN(Cc2cccc(OC)c2)CC1. The summed E-state index contributed by atoms with van der Waals surface area (Å²) in [5.74, 6) is 1.11. The maximum atomic E-state index is 12.0. The van der Waals surface area contributed by atoms with Crippen molar-refractivity contribution in [1.82, 2.24) is 9.21 Å². The van der Waals surface area contributed by atoms with Crippen LogP contribution in [0.4, 0.5) is 0 Å². The van der Waals surface area contributed by atoms with Gasteiger partial charge in [0.1, 0.15) is 5.75 Å². The molecule has 0 amide bonds. The Balaban J connectivity index is 1.89. The number of nitrogens with zero attached hydrogens (tertiary/aromatic N) is 2. The first-order valence-electron chi connectivity index (χ1n) is 7.38. The summed E-state index contributed by atoms with van der Waals surface area (Å²) in [6.45, 7) is 5.47. The van der Waals surface area contributed by atoms with Gasteiger partial charge in [-0.15, -0.1) is 0 Å². The highest BCUT2D eigenvalue weighted by atomic mass is 32.2. The van der Waals surface area contributed by atoms with E-state index < -0.39 is 10.0 Å². The Kier molecular flexibility index (Phi) is 5.61. The molecule has 0 aromatic heterocycles. The summed E-state index contributed by atoms with van der Waals surface area (Å²) >= 11 is 0. The fraction of sp³-hybridized carbons (Fsp3) is 0.600. The van der Waals surface area contributed by atoms with Crippen molar-refractivity contribution < 1.29 is 13.2 Å². The van der Waals surface area contributed by atoms with Gasteiger partial charge in [-0.2, -0.15) is 4.31 Å². The molecule has 1 aromatic carbocycles. The highest BCUT2D eigenvalue weighted by molar-refractivity contribution is 7.89. The average molecular weight is 312 g/mol. The van der Waals surface area contributed by atoms with Crippen molar-refractivity contribution in [3.63, 3.8) is 0 Å². The highest BCUT2D eigenvalue weighted by Crippen LogP contribution is 2.16. The van der Waals surface area contributed by atoms with Crippen LogP contribution in [0.2, 0.25) is 0 Å². The molecule has 0 N–H and O–H groups in total. The first kappa shape index (κ1) is 16.3. The van der Waals surface area contributed by atoms with E-state index in [0.29, 0.717) is 19.5 Å². The van der Waals surface area contributed by atoms with Crippen molar-refractivity contribution in [2.75, 3.05) is 39.0 Å². The first-order chi connectivity index (χ1) is 10.0. The summed E-state index contributed by atoms with van der Waals surface area (Å²) in [5, 5.41) is 0. The van der Waals surface area contributed by atoms with E-state index in [2.05, 4.69) is 11.0 Å². The van der Waals surface area contributed by atoms with Gasteiger partial charge in [0.15, 0.2) is 0 Å². The molecule has 118 valence electrons. The molecule has 21 heavy (non-hydrogen) atoms. The number of methoxy groups -OCH3 is 1. The minimum atomic E-state index is -3.05. The molecule has 2 rings (SSSR count). The van der Waals surface area contributed by atoms with Crippen LogP contribution >= 0.6 is 0 Å². The zero-order chi connectivity index (χ0) is 15.3. The van der Waals surface area contributed by atoms with Gasteiger partial charge in [-0.05, 0) is 24.1 Å². The second-order valence-corrected chi connectivity index (χ2v) is 7.43. The van der Waals surface area contributed by atoms with Crippen LogP contribution in [0.3, 0.4) is 0 Å². The molecule has 0 spiro atoms. The van der Waals surface area contributed by atoms with Crippen LogP contribution in [0.1, 0.15) is 18.9 Å². The average Bonchev–Trinajstić information content (AvgIpc) is 2.48. The first-order valence-corrected chi connectivity index (χ1v) is 8.99. The lowest BCUT2D eigenvalue weighted by molar-refractivity contribution is 0.181. The highest BCUT2D eigenvalue weighted by Gasteiger charge is 2.25. The van der Waals surface area contributed by atoms with Gasteiger partial charge >= 0.3 is 0 Å². The van der Waals surface area contributed by atoms with Crippen molar-refractivity contribution in [1.29, 1.82) is 0 Å². The summed E-state index contributed by atoms with van der Waals surface area (Å²) in [6.07, 6.45) is 0.673. The topological polar surface area (TPSA) is 49.9 Å². The molecule has 0 atom stereocenters. The Labute approximate surface area is 127 Å². The van der Waals surface area contributed by atoms with Crippen LogP contribution in [0.25, 0.3) is 0 Å². The molecule has 0 saturated carbocycles. The van der Waals surface area contributed by atoms with Crippen molar-refractivity contribution >= 4 is 10.0 Å². The van der Waals surface area contributed by atoms with Crippen molar-refractivity contribution in [2.45, 2.75) is 19.9 Å². The molecule has 1 heterocycles. The van der Waals surface area contributed by atoms with Gasteiger partial charge in [-0.25, -0.2) is 8.42 Å². The number of piperazine rings is 1. The third-order valence-electron chi connectivity index (χ3n) is 3.73. The van der Waals surface area contributed by atoms with E-state index >= 15 is 0 Å². The fourth-order valence-corrected chi connectivity index (χ4v) is 4.08. The Morgan fingerprint density at radius 3 is 2.52 bits per heavy atom. The van der Waals surface area contributed by atoms with Gasteiger partial charge in [0.25, 0.3) is 0 Å². The Hall–Kier alpha value is -1.11. The summed E-state index contributed by atoms with van der Waals surface area (Å²) in [6, 6.07) is 8.01.